The van der Waals surface area contributed by atoms with Crippen molar-refractivity contribution in [2.45, 2.75) is 26.4 Å². The normalized spacial score (nSPS) is 14.3. The number of rotatable bonds is 4. The summed E-state index contributed by atoms with van der Waals surface area (Å²) >= 11 is 11.1. The summed E-state index contributed by atoms with van der Waals surface area (Å²) in [4.78, 5) is 0. The van der Waals surface area contributed by atoms with Gasteiger partial charge in [0, 0.05) is 0 Å². The van der Waals surface area contributed by atoms with Crippen LogP contribution in [0, 0.1) is 0 Å². The zero-order valence-electron chi connectivity index (χ0n) is 5.73. The minimum atomic E-state index is -1.52. The Kier molecular flexibility index (Phi) is 6.00. The van der Waals surface area contributed by atoms with Crippen LogP contribution in [0.1, 0.15) is 20.3 Å². The number of hydrogen-bond acceptors (Lipinski definition) is 1. The molecule has 0 N–H and O–H groups in total. The van der Waals surface area contributed by atoms with E-state index in [4.69, 9.17) is 26.9 Å². The van der Waals surface area contributed by atoms with Gasteiger partial charge >= 0.3 is 0 Å². The Labute approximate surface area is 67.3 Å². The first-order valence-electron chi connectivity index (χ1n) is 3.06. The first-order valence-corrected chi connectivity index (χ1v) is 7.37. The molecule has 0 bridgehead atoms. The van der Waals surface area contributed by atoms with E-state index >= 15 is 0 Å². The van der Waals surface area contributed by atoms with E-state index in [9.17, 15) is 0 Å². The summed E-state index contributed by atoms with van der Waals surface area (Å²) in [5.41, 5.74) is 0. The molecule has 1 atom stereocenters. The minimum absolute atomic E-state index is 0.303. The van der Waals surface area contributed by atoms with Gasteiger partial charge in [0.1, 0.15) is 0 Å². The van der Waals surface area contributed by atoms with Gasteiger partial charge in [-0.25, -0.2) is 0 Å². The second-order valence-electron chi connectivity index (χ2n) is 1.94. The van der Waals surface area contributed by atoms with Crippen molar-refractivity contribution in [1.29, 1.82) is 0 Å². The van der Waals surface area contributed by atoms with Crippen LogP contribution >= 0.6 is 22.2 Å². The molecule has 9 heavy (non-hydrogen) atoms. The minimum Gasteiger partial charge on any atom is -0.379 e. The summed E-state index contributed by atoms with van der Waals surface area (Å²) in [6.07, 6.45) is 1.89. The molecule has 0 saturated heterocycles. The van der Waals surface area contributed by atoms with Crippen molar-refractivity contribution < 1.29 is 4.74 Å². The highest BCUT2D eigenvalue weighted by molar-refractivity contribution is 7.33. The average molecular weight is 187 g/mol. The third-order valence-electron chi connectivity index (χ3n) is 1.08. The Hall–Kier alpha value is 0.757. The Morgan fingerprint density at radius 2 is 2.11 bits per heavy atom. The van der Waals surface area contributed by atoms with Gasteiger partial charge in [0.25, 0.3) is 7.42 Å². The van der Waals surface area contributed by atoms with Gasteiger partial charge in [0.2, 0.25) is 0 Å². The van der Waals surface area contributed by atoms with E-state index in [1.54, 1.807) is 0 Å². The highest BCUT2D eigenvalue weighted by Crippen LogP contribution is 2.01. The molecular weight excluding hydrogens is 175 g/mol. The monoisotopic (exact) mass is 186 g/mol. The molecule has 0 rings (SSSR count). The maximum absolute atomic E-state index is 5.56. The molecule has 1 unspecified atom stereocenters. The standard InChI is InChI=1S/C5H12Cl2OSi/c1-3-5(2)8-4-9(6)7/h5,9H,3-4H2,1-2H3. The Balaban J connectivity index is 3.06. The molecule has 0 aliphatic heterocycles. The molecule has 0 heterocycles. The fourth-order valence-electron chi connectivity index (χ4n) is 0.355. The van der Waals surface area contributed by atoms with Gasteiger partial charge in [-0.15, -0.1) is 22.2 Å². The zero-order chi connectivity index (χ0) is 7.28. The summed E-state index contributed by atoms with van der Waals surface area (Å²) in [6.45, 7) is 4.09. The van der Waals surface area contributed by atoms with Crippen molar-refractivity contribution in [2.75, 3.05) is 6.23 Å². The molecule has 0 amide bonds. The van der Waals surface area contributed by atoms with E-state index in [0.717, 1.165) is 6.42 Å². The quantitative estimate of drug-likeness (QED) is 0.483. The van der Waals surface area contributed by atoms with Crippen molar-refractivity contribution in [3.8, 4) is 0 Å². The summed E-state index contributed by atoms with van der Waals surface area (Å²) in [7, 11) is -1.52. The van der Waals surface area contributed by atoms with Crippen LogP contribution < -0.4 is 0 Å². The van der Waals surface area contributed by atoms with Crippen LogP contribution in [0.4, 0.5) is 0 Å². The Bertz CT molecular complexity index is 70.0. The Morgan fingerprint density at radius 3 is 2.44 bits per heavy atom. The third-order valence-corrected chi connectivity index (χ3v) is 2.28. The summed E-state index contributed by atoms with van der Waals surface area (Å²) < 4.78 is 5.25. The maximum Gasteiger partial charge on any atom is 0.261 e. The smallest absolute Gasteiger partial charge is 0.261 e. The lowest BCUT2D eigenvalue weighted by Gasteiger charge is -2.09. The van der Waals surface area contributed by atoms with Gasteiger partial charge < -0.3 is 4.74 Å². The van der Waals surface area contributed by atoms with Crippen LogP contribution in [-0.4, -0.2) is 19.8 Å². The molecule has 0 aromatic heterocycles. The van der Waals surface area contributed by atoms with Crippen molar-refractivity contribution in [2.24, 2.45) is 0 Å². The molecule has 0 aliphatic carbocycles. The first-order chi connectivity index (χ1) is 4.16. The lowest BCUT2D eigenvalue weighted by Crippen LogP contribution is -2.14. The highest BCUT2D eigenvalue weighted by Gasteiger charge is 2.04. The number of hydrogen-bond donors (Lipinski definition) is 0. The predicted octanol–water partition coefficient (Wildman–Crippen LogP) is 2.04. The van der Waals surface area contributed by atoms with Gasteiger partial charge in [-0.2, -0.15) is 0 Å². The van der Waals surface area contributed by atoms with Crippen molar-refractivity contribution in [1.82, 2.24) is 0 Å². The van der Waals surface area contributed by atoms with E-state index in [2.05, 4.69) is 6.92 Å². The largest absolute Gasteiger partial charge is 0.379 e. The molecule has 1 nitrogen and oxygen atoms in total. The van der Waals surface area contributed by atoms with Crippen LogP contribution in [0.2, 0.25) is 0 Å². The summed E-state index contributed by atoms with van der Waals surface area (Å²) in [5.74, 6) is 0. The zero-order valence-corrected chi connectivity index (χ0v) is 8.40. The fraction of sp³-hybridized carbons (Fsp3) is 1.00. The molecule has 0 radical (unpaired) electrons. The SMILES string of the molecule is CCC(C)OC[SiH](Cl)Cl. The second-order valence-corrected chi connectivity index (χ2v) is 6.89. The van der Waals surface area contributed by atoms with Gasteiger partial charge in [0.15, 0.2) is 0 Å². The predicted molar refractivity (Wildman–Crippen MR) is 44.6 cm³/mol. The van der Waals surface area contributed by atoms with Crippen LogP contribution in [0.5, 0.6) is 0 Å². The van der Waals surface area contributed by atoms with Crippen molar-refractivity contribution >= 4 is 29.6 Å². The highest BCUT2D eigenvalue weighted by atomic mass is 35.7. The van der Waals surface area contributed by atoms with Gasteiger partial charge in [-0.3, -0.25) is 0 Å². The lowest BCUT2D eigenvalue weighted by molar-refractivity contribution is 0.0978. The average Bonchev–Trinajstić information content (AvgIpc) is 1.83. The van der Waals surface area contributed by atoms with Gasteiger partial charge in [0.05, 0.1) is 12.3 Å². The van der Waals surface area contributed by atoms with Crippen LogP contribution in [0.25, 0.3) is 0 Å². The first kappa shape index (κ1) is 9.76. The molecule has 0 aromatic carbocycles. The van der Waals surface area contributed by atoms with E-state index in [1.165, 1.54) is 0 Å². The fourth-order valence-corrected chi connectivity index (χ4v) is 1.27. The molecule has 0 aliphatic rings. The molecule has 0 fully saturated rings. The van der Waals surface area contributed by atoms with E-state index < -0.39 is 7.42 Å². The lowest BCUT2D eigenvalue weighted by atomic mass is 10.3. The van der Waals surface area contributed by atoms with E-state index in [1.807, 2.05) is 6.92 Å². The molecule has 0 spiro atoms. The van der Waals surface area contributed by atoms with Crippen LogP contribution in [-0.2, 0) is 4.74 Å². The van der Waals surface area contributed by atoms with Crippen LogP contribution in [0.3, 0.4) is 0 Å². The Morgan fingerprint density at radius 1 is 1.56 bits per heavy atom. The molecular formula is C5H12Cl2OSi. The summed E-state index contributed by atoms with van der Waals surface area (Å²) in [5, 5.41) is 0. The second kappa shape index (κ2) is 5.53. The molecule has 0 aromatic rings. The molecule has 4 heteroatoms. The van der Waals surface area contributed by atoms with Crippen molar-refractivity contribution in [3.63, 3.8) is 0 Å². The number of halogens is 2. The summed E-state index contributed by atoms with van der Waals surface area (Å²) in [6, 6.07) is 0. The van der Waals surface area contributed by atoms with E-state index in [0.29, 0.717) is 12.3 Å². The molecule has 56 valence electrons. The third kappa shape index (κ3) is 6.64. The number of ether oxygens (including phenoxy) is 1. The molecule has 0 saturated carbocycles. The van der Waals surface area contributed by atoms with Gasteiger partial charge in [-0.1, -0.05) is 6.92 Å². The topological polar surface area (TPSA) is 9.23 Å². The van der Waals surface area contributed by atoms with Gasteiger partial charge in [-0.05, 0) is 13.3 Å². The van der Waals surface area contributed by atoms with Crippen molar-refractivity contribution in [3.05, 3.63) is 0 Å². The van der Waals surface area contributed by atoms with E-state index in [-0.39, 0.29) is 0 Å². The maximum atomic E-state index is 5.56. The van der Waals surface area contributed by atoms with Crippen LogP contribution in [0.15, 0.2) is 0 Å².